The van der Waals surface area contributed by atoms with Crippen molar-refractivity contribution in [3.05, 3.63) is 261 Å². The summed E-state index contributed by atoms with van der Waals surface area (Å²) in [5.41, 5.74) is 22.5. The number of benzene rings is 8. The summed E-state index contributed by atoms with van der Waals surface area (Å²) in [4.78, 5) is 14.1. The first-order chi connectivity index (χ1) is 35.4. The monoisotopic (exact) mass is 1120 g/mol. The van der Waals surface area contributed by atoms with Crippen LogP contribution in [0.15, 0.2) is 237 Å². The van der Waals surface area contributed by atoms with E-state index in [0.717, 1.165) is 125 Å². The van der Waals surface area contributed by atoms with Gasteiger partial charge in [-0.3, -0.25) is 0 Å². The number of pyridine rings is 3. The minimum absolute atomic E-state index is 0. The van der Waals surface area contributed by atoms with Gasteiger partial charge in [0.05, 0.1) is 0 Å². The van der Waals surface area contributed by atoms with Gasteiger partial charge in [0, 0.05) is 18.6 Å². The molecule has 0 saturated heterocycles. The molecule has 0 aliphatic rings. The van der Waals surface area contributed by atoms with E-state index in [1.807, 2.05) is 55.0 Å². The molecule has 3 heterocycles. The molecule has 0 spiro atoms. The molecule has 0 radical (unpaired) electrons. The standard InChI is InChI=1S/C69H52N3.Ir/c1-4-39-69(2,3)57-38-42-72-68(47-57)53-36-37-64(65(46-53)48-18-6-5-7-19-48)63-25-13-12-24-62(63)56-44-54(60-22-10-8-20-58(60)49-28-32-51(33-29-49)66-26-14-16-40-70-66)43-55(45-56)61-23-11-9-21-59(61)50-30-34-52(35-31-50)67-27-15-17-41-71-67;/h5-32,34,37-38,40-47H,4,39H2,1-3H3;/q-3;+3. The Morgan fingerprint density at radius 2 is 0.795 bits per heavy atom. The van der Waals surface area contributed by atoms with Crippen LogP contribution >= 0.6 is 0 Å². The second-order valence-corrected chi connectivity index (χ2v) is 19.0. The van der Waals surface area contributed by atoms with E-state index in [0.29, 0.717) is 0 Å². The first kappa shape index (κ1) is 48.5. The van der Waals surface area contributed by atoms with Crippen molar-refractivity contribution in [1.29, 1.82) is 0 Å². The van der Waals surface area contributed by atoms with Gasteiger partial charge >= 0.3 is 20.1 Å². The quantitative estimate of drug-likeness (QED) is 0.108. The average Bonchev–Trinajstić information content (AvgIpc) is 3.45. The number of hydrogen-bond acceptors (Lipinski definition) is 3. The maximum atomic E-state index is 4.92. The molecule has 0 aliphatic carbocycles. The molecular weight excluding hydrogens is 1060 g/mol. The van der Waals surface area contributed by atoms with E-state index in [1.54, 1.807) is 0 Å². The van der Waals surface area contributed by atoms with Crippen LogP contribution in [0.1, 0.15) is 39.2 Å². The van der Waals surface area contributed by atoms with Crippen LogP contribution in [0.25, 0.3) is 112 Å². The van der Waals surface area contributed by atoms with Crippen molar-refractivity contribution in [2.75, 3.05) is 0 Å². The molecule has 0 saturated carbocycles. The van der Waals surface area contributed by atoms with E-state index in [1.165, 1.54) is 5.56 Å². The second kappa shape index (κ2) is 21.7. The van der Waals surface area contributed by atoms with Gasteiger partial charge in [-0.1, -0.05) is 200 Å². The molecular formula is C69H52IrN3. The Kier molecular flexibility index (Phi) is 14.4. The number of rotatable bonds is 13. The molecule has 73 heavy (non-hydrogen) atoms. The van der Waals surface area contributed by atoms with Gasteiger partial charge in [-0.2, -0.15) is 0 Å². The third-order valence-electron chi connectivity index (χ3n) is 13.8. The van der Waals surface area contributed by atoms with E-state index in [-0.39, 0.29) is 25.5 Å². The molecule has 0 unspecified atom stereocenters. The molecule has 3 aromatic heterocycles. The Hall–Kier alpha value is -8.14. The van der Waals surface area contributed by atoms with Crippen LogP contribution in [0.4, 0.5) is 0 Å². The molecule has 0 fully saturated rings. The summed E-state index contributed by atoms with van der Waals surface area (Å²) in [5.74, 6) is 0. The molecule has 0 aliphatic heterocycles. The number of aromatic nitrogens is 3. The van der Waals surface area contributed by atoms with Crippen molar-refractivity contribution in [2.45, 2.75) is 39.0 Å². The number of hydrogen-bond donors (Lipinski definition) is 0. The Balaban J connectivity index is 0.00000611. The van der Waals surface area contributed by atoms with Crippen molar-refractivity contribution in [1.82, 2.24) is 15.0 Å². The molecule has 4 heteroatoms. The predicted octanol–water partition coefficient (Wildman–Crippen LogP) is 18.0. The molecule has 3 nitrogen and oxygen atoms in total. The van der Waals surface area contributed by atoms with Crippen molar-refractivity contribution >= 4 is 0 Å². The van der Waals surface area contributed by atoms with Gasteiger partial charge in [0.25, 0.3) is 0 Å². The summed E-state index contributed by atoms with van der Waals surface area (Å²) >= 11 is 0. The zero-order chi connectivity index (χ0) is 48.9. The van der Waals surface area contributed by atoms with Gasteiger partial charge in [0.1, 0.15) is 0 Å². The summed E-state index contributed by atoms with van der Waals surface area (Å²) in [5, 5.41) is 0. The fraction of sp³-hybridized carbons (Fsp3) is 0.0870. The summed E-state index contributed by atoms with van der Waals surface area (Å²) in [6.45, 7) is 6.90. The second-order valence-electron chi connectivity index (χ2n) is 19.0. The van der Waals surface area contributed by atoms with Crippen LogP contribution < -0.4 is 0 Å². The molecule has 0 amide bonds. The maximum Gasteiger partial charge on any atom is 3.00 e. The van der Waals surface area contributed by atoms with Gasteiger partial charge in [-0.05, 0) is 110 Å². The SMILES string of the molecule is CCCC(C)(C)c1ccnc(-c2[c-]cc(-c3ccccc3-c3cc(-c4ccccc4-c4c[c-]c(-c5ccccn5)cc4)cc(-c4ccccc4-c4c[c-]c(-c5ccccn5)cc4)c3)c(-c3ccccc3)c2)c1.[Ir+3]. The van der Waals surface area contributed by atoms with Gasteiger partial charge < -0.3 is 15.0 Å². The van der Waals surface area contributed by atoms with Gasteiger partial charge in [0.15, 0.2) is 0 Å². The Morgan fingerprint density at radius 1 is 0.342 bits per heavy atom. The van der Waals surface area contributed by atoms with E-state index >= 15 is 0 Å². The fourth-order valence-electron chi connectivity index (χ4n) is 10.1. The Labute approximate surface area is 443 Å². The topological polar surface area (TPSA) is 38.7 Å². The third-order valence-corrected chi connectivity index (χ3v) is 13.8. The van der Waals surface area contributed by atoms with Crippen LogP contribution in [-0.4, -0.2) is 15.0 Å². The molecule has 352 valence electrons. The normalized spacial score (nSPS) is 11.2. The van der Waals surface area contributed by atoms with Crippen LogP contribution in [-0.2, 0) is 25.5 Å². The number of nitrogens with zero attached hydrogens (tertiary/aromatic N) is 3. The van der Waals surface area contributed by atoms with Gasteiger partial charge in [0.2, 0.25) is 0 Å². The predicted molar refractivity (Wildman–Crippen MR) is 299 cm³/mol. The zero-order valence-corrected chi connectivity index (χ0v) is 43.5. The summed E-state index contributed by atoms with van der Waals surface area (Å²) in [6.07, 6.45) is 7.82. The summed E-state index contributed by atoms with van der Waals surface area (Å²) < 4.78 is 0. The van der Waals surface area contributed by atoms with Gasteiger partial charge in [-0.15, -0.1) is 83.4 Å². The summed E-state index contributed by atoms with van der Waals surface area (Å²) in [7, 11) is 0. The molecule has 11 rings (SSSR count). The van der Waals surface area contributed by atoms with Crippen molar-refractivity contribution in [3.63, 3.8) is 0 Å². The maximum absolute atomic E-state index is 4.92. The van der Waals surface area contributed by atoms with Crippen molar-refractivity contribution in [2.24, 2.45) is 0 Å². The first-order valence-corrected chi connectivity index (χ1v) is 24.8. The van der Waals surface area contributed by atoms with E-state index in [2.05, 4.69) is 231 Å². The smallest absolute Gasteiger partial charge is 0.305 e. The molecule has 0 N–H and O–H groups in total. The van der Waals surface area contributed by atoms with E-state index in [4.69, 9.17) is 4.98 Å². The van der Waals surface area contributed by atoms with E-state index < -0.39 is 0 Å². The fourth-order valence-corrected chi connectivity index (χ4v) is 10.1. The Bertz CT molecular complexity index is 3500. The minimum atomic E-state index is 0. The Morgan fingerprint density at radius 3 is 1.27 bits per heavy atom. The third kappa shape index (κ3) is 10.3. The molecule has 11 aromatic rings. The molecule has 0 atom stereocenters. The van der Waals surface area contributed by atoms with Crippen molar-refractivity contribution in [3.8, 4) is 112 Å². The first-order valence-electron chi connectivity index (χ1n) is 24.8. The van der Waals surface area contributed by atoms with E-state index in [9.17, 15) is 0 Å². The minimum Gasteiger partial charge on any atom is -0.305 e. The average molecular weight is 1120 g/mol. The largest absolute Gasteiger partial charge is 3.00 e. The molecule has 0 bridgehead atoms. The van der Waals surface area contributed by atoms with Crippen molar-refractivity contribution < 1.29 is 20.1 Å². The summed E-state index contributed by atoms with van der Waals surface area (Å²) in [6, 6.07) is 88.4. The van der Waals surface area contributed by atoms with Crippen LogP contribution in [0.3, 0.4) is 0 Å². The zero-order valence-electron chi connectivity index (χ0n) is 41.1. The molecule has 8 aromatic carbocycles. The van der Waals surface area contributed by atoms with Crippen LogP contribution in [0.5, 0.6) is 0 Å². The van der Waals surface area contributed by atoms with Crippen LogP contribution in [0, 0.1) is 18.2 Å². The van der Waals surface area contributed by atoms with Crippen LogP contribution in [0.2, 0.25) is 0 Å². The van der Waals surface area contributed by atoms with Gasteiger partial charge in [-0.25, -0.2) is 0 Å².